The molecule has 2 amide bonds. The maximum absolute atomic E-state index is 11.7. The Labute approximate surface area is 101 Å². The lowest BCUT2D eigenvalue weighted by Gasteiger charge is -2.11. The number of aromatic nitrogens is 1. The van der Waals surface area contributed by atoms with E-state index in [1.165, 1.54) is 11.1 Å². The van der Waals surface area contributed by atoms with Crippen molar-refractivity contribution >= 4 is 17.6 Å². The van der Waals surface area contributed by atoms with Gasteiger partial charge in [0.2, 0.25) is 5.91 Å². The second-order valence-electron chi connectivity index (χ2n) is 4.27. The van der Waals surface area contributed by atoms with E-state index in [2.05, 4.69) is 10.3 Å². The molecule has 0 unspecified atom stereocenters. The molecule has 1 rings (SSSR count). The number of nitrogens with one attached hydrogen (secondary N) is 1. The average Bonchev–Trinajstić information content (AvgIpc) is 2.28. The molecule has 0 aliphatic carbocycles. The van der Waals surface area contributed by atoms with E-state index in [0.29, 0.717) is 11.4 Å². The van der Waals surface area contributed by atoms with E-state index in [4.69, 9.17) is 0 Å². The third-order valence-corrected chi connectivity index (χ3v) is 2.19. The molecule has 17 heavy (non-hydrogen) atoms. The SMILES string of the molecule is CC(C)C(=O)Nc1cc(C(=O)N(C)C)ccn1. The van der Waals surface area contributed by atoms with Crippen LogP contribution in [0.15, 0.2) is 18.3 Å². The van der Waals surface area contributed by atoms with Crippen molar-refractivity contribution in [3.8, 4) is 0 Å². The minimum Gasteiger partial charge on any atom is -0.345 e. The van der Waals surface area contributed by atoms with E-state index in [1.54, 1.807) is 40.1 Å². The van der Waals surface area contributed by atoms with Crippen molar-refractivity contribution in [1.82, 2.24) is 9.88 Å². The van der Waals surface area contributed by atoms with E-state index < -0.39 is 0 Å². The lowest BCUT2D eigenvalue weighted by Crippen LogP contribution is -2.22. The van der Waals surface area contributed by atoms with Crippen LogP contribution >= 0.6 is 0 Å². The minimum atomic E-state index is -0.120. The number of anilines is 1. The minimum absolute atomic E-state index is 0.118. The fraction of sp³-hybridized carbons (Fsp3) is 0.417. The summed E-state index contributed by atoms with van der Waals surface area (Å²) >= 11 is 0. The van der Waals surface area contributed by atoms with Gasteiger partial charge in [0, 0.05) is 31.8 Å². The Morgan fingerprint density at radius 1 is 1.35 bits per heavy atom. The van der Waals surface area contributed by atoms with Crippen LogP contribution in [-0.2, 0) is 4.79 Å². The molecule has 0 atom stereocenters. The number of hydrogen-bond donors (Lipinski definition) is 1. The van der Waals surface area contributed by atoms with E-state index in [-0.39, 0.29) is 17.7 Å². The van der Waals surface area contributed by atoms with E-state index in [1.807, 2.05) is 0 Å². The highest BCUT2D eigenvalue weighted by Gasteiger charge is 2.11. The lowest BCUT2D eigenvalue weighted by molar-refractivity contribution is -0.118. The Morgan fingerprint density at radius 3 is 2.53 bits per heavy atom. The highest BCUT2D eigenvalue weighted by molar-refractivity contribution is 5.96. The molecular weight excluding hydrogens is 218 g/mol. The van der Waals surface area contributed by atoms with Crippen molar-refractivity contribution in [2.45, 2.75) is 13.8 Å². The molecule has 0 aliphatic rings. The number of pyridine rings is 1. The van der Waals surface area contributed by atoms with Crippen LogP contribution in [-0.4, -0.2) is 35.8 Å². The monoisotopic (exact) mass is 235 g/mol. The summed E-state index contributed by atoms with van der Waals surface area (Å²) < 4.78 is 0. The summed E-state index contributed by atoms with van der Waals surface area (Å²) in [7, 11) is 3.35. The van der Waals surface area contributed by atoms with Gasteiger partial charge in [0.25, 0.3) is 5.91 Å². The second-order valence-corrected chi connectivity index (χ2v) is 4.27. The van der Waals surface area contributed by atoms with Gasteiger partial charge in [-0.2, -0.15) is 0 Å². The van der Waals surface area contributed by atoms with Crippen LogP contribution in [0.1, 0.15) is 24.2 Å². The molecule has 0 saturated heterocycles. The first kappa shape index (κ1) is 13.2. The summed E-state index contributed by atoms with van der Waals surface area (Å²) in [4.78, 5) is 28.7. The maximum Gasteiger partial charge on any atom is 0.253 e. The standard InChI is InChI=1S/C12H17N3O2/c1-8(2)11(16)14-10-7-9(5-6-13-10)12(17)15(3)4/h5-8H,1-4H3,(H,13,14,16). The van der Waals surface area contributed by atoms with Crippen LogP contribution in [0, 0.1) is 5.92 Å². The fourth-order valence-corrected chi connectivity index (χ4v) is 1.16. The molecule has 5 nitrogen and oxygen atoms in total. The first-order valence-corrected chi connectivity index (χ1v) is 5.40. The Hall–Kier alpha value is -1.91. The van der Waals surface area contributed by atoms with Gasteiger partial charge in [-0.1, -0.05) is 13.8 Å². The molecule has 0 saturated carbocycles. The van der Waals surface area contributed by atoms with E-state index in [0.717, 1.165) is 0 Å². The predicted molar refractivity (Wildman–Crippen MR) is 65.7 cm³/mol. The molecule has 0 bridgehead atoms. The van der Waals surface area contributed by atoms with Crippen LogP contribution < -0.4 is 5.32 Å². The van der Waals surface area contributed by atoms with Gasteiger partial charge in [0.05, 0.1) is 0 Å². The van der Waals surface area contributed by atoms with Gasteiger partial charge in [-0.05, 0) is 12.1 Å². The normalized spacial score (nSPS) is 10.2. The van der Waals surface area contributed by atoms with Gasteiger partial charge in [0.1, 0.15) is 5.82 Å². The van der Waals surface area contributed by atoms with Crippen LogP contribution in [0.25, 0.3) is 0 Å². The molecule has 0 fully saturated rings. The Morgan fingerprint density at radius 2 is 2.00 bits per heavy atom. The zero-order valence-electron chi connectivity index (χ0n) is 10.5. The Kier molecular flexibility index (Phi) is 4.20. The van der Waals surface area contributed by atoms with Gasteiger partial charge in [-0.15, -0.1) is 0 Å². The van der Waals surface area contributed by atoms with Gasteiger partial charge >= 0.3 is 0 Å². The van der Waals surface area contributed by atoms with Gasteiger partial charge < -0.3 is 10.2 Å². The van der Waals surface area contributed by atoms with Crippen LogP contribution in [0.4, 0.5) is 5.82 Å². The number of hydrogen-bond acceptors (Lipinski definition) is 3. The molecule has 0 aromatic carbocycles. The molecule has 1 N–H and O–H groups in total. The third-order valence-electron chi connectivity index (χ3n) is 2.19. The third kappa shape index (κ3) is 3.55. The summed E-state index contributed by atoms with van der Waals surface area (Å²) in [6.45, 7) is 3.59. The van der Waals surface area contributed by atoms with E-state index >= 15 is 0 Å². The quantitative estimate of drug-likeness (QED) is 0.860. The van der Waals surface area contributed by atoms with Crippen LogP contribution in [0.5, 0.6) is 0 Å². The van der Waals surface area contributed by atoms with Crippen molar-refractivity contribution in [2.24, 2.45) is 5.92 Å². The number of carbonyl (C=O) groups is 2. The molecule has 0 spiro atoms. The summed E-state index contributed by atoms with van der Waals surface area (Å²) in [6.07, 6.45) is 1.51. The Balaban J connectivity index is 2.86. The number of rotatable bonds is 3. The zero-order chi connectivity index (χ0) is 13.0. The lowest BCUT2D eigenvalue weighted by atomic mass is 10.2. The predicted octanol–water partition coefficient (Wildman–Crippen LogP) is 1.38. The molecule has 92 valence electrons. The highest BCUT2D eigenvalue weighted by Crippen LogP contribution is 2.09. The van der Waals surface area contributed by atoms with Crippen molar-refractivity contribution in [2.75, 3.05) is 19.4 Å². The molecular formula is C12H17N3O2. The summed E-state index contributed by atoms with van der Waals surface area (Å²) in [5.74, 6) is 0.0424. The number of nitrogens with zero attached hydrogens (tertiary/aromatic N) is 2. The fourth-order valence-electron chi connectivity index (χ4n) is 1.16. The topological polar surface area (TPSA) is 62.3 Å². The van der Waals surface area contributed by atoms with Crippen molar-refractivity contribution < 1.29 is 9.59 Å². The molecule has 0 aliphatic heterocycles. The van der Waals surface area contributed by atoms with Gasteiger partial charge in [-0.25, -0.2) is 4.98 Å². The second kappa shape index (κ2) is 5.43. The van der Waals surface area contributed by atoms with Crippen molar-refractivity contribution in [3.05, 3.63) is 23.9 Å². The average molecular weight is 235 g/mol. The van der Waals surface area contributed by atoms with Crippen LogP contribution in [0.3, 0.4) is 0 Å². The Bertz CT molecular complexity index is 428. The molecule has 1 aromatic heterocycles. The summed E-state index contributed by atoms with van der Waals surface area (Å²) in [5.41, 5.74) is 0.504. The largest absolute Gasteiger partial charge is 0.345 e. The van der Waals surface area contributed by atoms with Crippen LogP contribution in [0.2, 0.25) is 0 Å². The highest BCUT2D eigenvalue weighted by atomic mass is 16.2. The molecule has 0 radical (unpaired) electrons. The first-order valence-electron chi connectivity index (χ1n) is 5.40. The summed E-state index contributed by atoms with van der Waals surface area (Å²) in [5, 5.41) is 2.65. The van der Waals surface area contributed by atoms with Crippen molar-refractivity contribution in [1.29, 1.82) is 0 Å². The van der Waals surface area contributed by atoms with Gasteiger partial charge in [0.15, 0.2) is 0 Å². The number of amides is 2. The smallest absolute Gasteiger partial charge is 0.253 e. The maximum atomic E-state index is 11.7. The number of carbonyl (C=O) groups excluding carboxylic acids is 2. The first-order chi connectivity index (χ1) is 7.91. The molecule has 1 heterocycles. The zero-order valence-corrected chi connectivity index (χ0v) is 10.5. The molecule has 1 aromatic rings. The van der Waals surface area contributed by atoms with Crippen molar-refractivity contribution in [3.63, 3.8) is 0 Å². The summed E-state index contributed by atoms with van der Waals surface area (Å²) in [6, 6.07) is 3.19. The van der Waals surface area contributed by atoms with E-state index in [9.17, 15) is 9.59 Å². The van der Waals surface area contributed by atoms with Gasteiger partial charge in [-0.3, -0.25) is 9.59 Å². The molecule has 5 heteroatoms.